The molecule has 6 nitrogen and oxygen atoms in total. The minimum Gasteiger partial charge on any atom is -0.493 e. The van der Waals surface area contributed by atoms with Crippen LogP contribution in [0.5, 0.6) is 11.5 Å². The molecule has 0 spiro atoms. The number of aliphatic hydroxyl groups is 1. The number of carbonyl (C=O) groups is 1. The van der Waals surface area contributed by atoms with Crippen LogP contribution in [0.1, 0.15) is 22.1 Å². The molecule has 0 unspecified atom stereocenters. The third-order valence-corrected chi connectivity index (χ3v) is 4.68. The Kier molecular flexibility index (Phi) is 6.45. The van der Waals surface area contributed by atoms with Gasteiger partial charge in [0.25, 0.3) is 0 Å². The largest absolute Gasteiger partial charge is 0.493 e. The molecule has 130 valence electrons. The summed E-state index contributed by atoms with van der Waals surface area (Å²) in [5.74, 6) is 1.25. The fourth-order valence-corrected chi connectivity index (χ4v) is 3.16. The molecule has 1 heterocycles. The number of nitrogens with one attached hydrogen (secondary N) is 2. The fourth-order valence-electron chi connectivity index (χ4n) is 2.24. The molecule has 0 aliphatic heterocycles. The highest BCUT2D eigenvalue weighted by atomic mass is 32.1. The number of hydrogen-bond acceptors (Lipinski definition) is 5. The van der Waals surface area contributed by atoms with Crippen molar-refractivity contribution < 1.29 is 19.4 Å². The van der Waals surface area contributed by atoms with Crippen LogP contribution in [-0.4, -0.2) is 31.9 Å². The van der Waals surface area contributed by atoms with E-state index in [0.29, 0.717) is 18.0 Å². The second-order valence-corrected chi connectivity index (χ2v) is 6.18. The third-order valence-electron chi connectivity index (χ3n) is 3.56. The van der Waals surface area contributed by atoms with E-state index in [1.807, 2.05) is 30.5 Å². The summed E-state index contributed by atoms with van der Waals surface area (Å²) in [7, 11) is 3.14. The number of urea groups is 1. The maximum atomic E-state index is 11.9. The van der Waals surface area contributed by atoms with Gasteiger partial charge in [0.05, 0.1) is 20.8 Å². The van der Waals surface area contributed by atoms with Gasteiger partial charge < -0.3 is 25.2 Å². The number of amides is 2. The summed E-state index contributed by atoms with van der Waals surface area (Å²) in [5, 5.41) is 17.4. The molecule has 0 radical (unpaired) electrons. The van der Waals surface area contributed by atoms with Gasteiger partial charge in [-0.25, -0.2) is 4.79 Å². The van der Waals surface area contributed by atoms with Crippen molar-refractivity contribution in [3.63, 3.8) is 0 Å². The van der Waals surface area contributed by atoms with Crippen molar-refractivity contribution in [3.8, 4) is 11.5 Å². The number of hydrogen-bond donors (Lipinski definition) is 3. The topological polar surface area (TPSA) is 79.8 Å². The Bertz CT molecular complexity index is 687. The van der Waals surface area contributed by atoms with Gasteiger partial charge in [0.2, 0.25) is 0 Å². The molecule has 0 bridgehead atoms. The molecular weight excluding hydrogens is 328 g/mol. The van der Waals surface area contributed by atoms with Crippen molar-refractivity contribution >= 4 is 17.4 Å². The number of rotatable bonds is 7. The molecule has 1 atom stereocenters. The van der Waals surface area contributed by atoms with Gasteiger partial charge in [0.1, 0.15) is 6.10 Å². The zero-order valence-corrected chi connectivity index (χ0v) is 14.8. The normalized spacial score (nSPS) is 11.7. The van der Waals surface area contributed by atoms with Gasteiger partial charge in [-0.05, 0) is 41.6 Å². The summed E-state index contributed by atoms with van der Waals surface area (Å²) in [5.41, 5.74) is 1.91. The van der Waals surface area contributed by atoms with Crippen molar-refractivity contribution in [1.82, 2.24) is 10.6 Å². The van der Waals surface area contributed by atoms with Gasteiger partial charge >= 0.3 is 6.03 Å². The zero-order valence-electron chi connectivity index (χ0n) is 14.0. The second-order valence-electron chi connectivity index (χ2n) is 5.24. The van der Waals surface area contributed by atoms with Crippen molar-refractivity contribution in [2.75, 3.05) is 20.8 Å². The average Bonchev–Trinajstić information content (AvgIpc) is 3.03. The van der Waals surface area contributed by atoms with Crippen molar-refractivity contribution in [2.45, 2.75) is 19.6 Å². The molecule has 1 aromatic heterocycles. The predicted octanol–water partition coefficient (Wildman–Crippen LogP) is 2.61. The summed E-state index contributed by atoms with van der Waals surface area (Å²) in [6.07, 6.45) is -0.697. The minimum atomic E-state index is -0.697. The van der Waals surface area contributed by atoms with Gasteiger partial charge in [-0.2, -0.15) is 0 Å². The Balaban J connectivity index is 1.82. The van der Waals surface area contributed by atoms with Crippen LogP contribution < -0.4 is 20.1 Å². The quantitative estimate of drug-likeness (QED) is 0.717. The zero-order chi connectivity index (χ0) is 17.5. The number of ether oxygens (including phenoxy) is 2. The Morgan fingerprint density at radius 2 is 1.96 bits per heavy atom. The molecule has 2 amide bonds. The fraction of sp³-hybridized carbons (Fsp3) is 0.353. The van der Waals surface area contributed by atoms with Crippen LogP contribution >= 0.6 is 11.3 Å². The highest BCUT2D eigenvalue weighted by molar-refractivity contribution is 7.10. The van der Waals surface area contributed by atoms with Gasteiger partial charge in [-0.1, -0.05) is 6.07 Å². The lowest BCUT2D eigenvalue weighted by Crippen LogP contribution is -2.37. The number of aryl methyl sites for hydroxylation is 1. The van der Waals surface area contributed by atoms with E-state index >= 15 is 0 Å². The highest BCUT2D eigenvalue weighted by Gasteiger charge is 2.13. The van der Waals surface area contributed by atoms with Crippen molar-refractivity contribution in [2.24, 2.45) is 0 Å². The van der Waals surface area contributed by atoms with Crippen LogP contribution in [0.3, 0.4) is 0 Å². The summed E-state index contributed by atoms with van der Waals surface area (Å²) in [6, 6.07) is 7.06. The number of carbonyl (C=O) groups excluding carboxylic acids is 1. The molecule has 2 aromatic rings. The molecule has 24 heavy (non-hydrogen) atoms. The number of methoxy groups -OCH3 is 2. The van der Waals surface area contributed by atoms with Crippen LogP contribution in [0.25, 0.3) is 0 Å². The second kappa shape index (κ2) is 8.56. The van der Waals surface area contributed by atoms with E-state index in [1.54, 1.807) is 20.3 Å². The van der Waals surface area contributed by atoms with Gasteiger partial charge in [-0.15, -0.1) is 11.3 Å². The molecule has 0 saturated carbocycles. The Hall–Kier alpha value is -2.25. The SMILES string of the molecule is COc1ccc(CNC(=O)NC[C@@H](O)c2sccc2C)cc1OC. The van der Waals surface area contributed by atoms with E-state index in [2.05, 4.69) is 10.6 Å². The van der Waals surface area contributed by atoms with E-state index in [4.69, 9.17) is 9.47 Å². The summed E-state index contributed by atoms with van der Waals surface area (Å²) in [6.45, 7) is 2.45. The lowest BCUT2D eigenvalue weighted by molar-refractivity contribution is 0.176. The molecule has 7 heteroatoms. The highest BCUT2D eigenvalue weighted by Crippen LogP contribution is 2.27. The van der Waals surface area contributed by atoms with E-state index in [0.717, 1.165) is 16.0 Å². The van der Waals surface area contributed by atoms with Crippen molar-refractivity contribution in [1.29, 1.82) is 0 Å². The predicted molar refractivity (Wildman–Crippen MR) is 93.8 cm³/mol. The molecule has 2 rings (SSSR count). The lowest BCUT2D eigenvalue weighted by Gasteiger charge is -2.13. The van der Waals surface area contributed by atoms with Gasteiger partial charge in [-0.3, -0.25) is 0 Å². The minimum absolute atomic E-state index is 0.166. The first-order valence-corrected chi connectivity index (χ1v) is 8.37. The summed E-state index contributed by atoms with van der Waals surface area (Å²) >= 11 is 1.48. The molecule has 1 aromatic carbocycles. The first-order chi connectivity index (χ1) is 11.5. The van der Waals surface area contributed by atoms with Crippen LogP contribution in [0, 0.1) is 6.92 Å². The smallest absolute Gasteiger partial charge is 0.315 e. The van der Waals surface area contributed by atoms with Crippen LogP contribution in [0.15, 0.2) is 29.6 Å². The van der Waals surface area contributed by atoms with E-state index < -0.39 is 6.10 Å². The third kappa shape index (κ3) is 4.62. The Morgan fingerprint density at radius 3 is 2.58 bits per heavy atom. The van der Waals surface area contributed by atoms with E-state index in [-0.39, 0.29) is 12.6 Å². The first-order valence-electron chi connectivity index (χ1n) is 7.49. The lowest BCUT2D eigenvalue weighted by atomic mass is 10.2. The van der Waals surface area contributed by atoms with E-state index in [1.165, 1.54) is 11.3 Å². The Morgan fingerprint density at radius 1 is 1.21 bits per heavy atom. The number of aliphatic hydroxyl groups excluding tert-OH is 1. The number of thiophene rings is 1. The molecule has 0 saturated heterocycles. The molecular formula is C17H22N2O4S. The van der Waals surface area contributed by atoms with E-state index in [9.17, 15) is 9.90 Å². The van der Waals surface area contributed by atoms with Crippen LogP contribution in [-0.2, 0) is 6.54 Å². The molecule has 0 aliphatic rings. The molecule has 0 fully saturated rings. The average molecular weight is 350 g/mol. The maximum absolute atomic E-state index is 11.9. The maximum Gasteiger partial charge on any atom is 0.315 e. The number of benzene rings is 1. The molecule has 0 aliphatic carbocycles. The van der Waals surface area contributed by atoms with Crippen LogP contribution in [0.2, 0.25) is 0 Å². The van der Waals surface area contributed by atoms with Gasteiger partial charge in [0.15, 0.2) is 11.5 Å². The van der Waals surface area contributed by atoms with Crippen LogP contribution in [0.4, 0.5) is 4.79 Å². The van der Waals surface area contributed by atoms with Gasteiger partial charge in [0, 0.05) is 11.4 Å². The molecule has 3 N–H and O–H groups in total. The monoisotopic (exact) mass is 350 g/mol. The summed E-state index contributed by atoms with van der Waals surface area (Å²) < 4.78 is 10.4. The Labute approximate surface area is 145 Å². The standard InChI is InChI=1S/C17H22N2O4S/c1-11-6-7-24-16(11)13(20)10-19-17(21)18-9-12-4-5-14(22-2)15(8-12)23-3/h4-8,13,20H,9-10H2,1-3H3,(H2,18,19,21)/t13-/m1/s1. The van der Waals surface area contributed by atoms with Crippen molar-refractivity contribution in [3.05, 3.63) is 45.6 Å². The summed E-state index contributed by atoms with van der Waals surface area (Å²) in [4.78, 5) is 12.7. The first kappa shape index (κ1) is 18.1.